The van der Waals surface area contributed by atoms with Crippen LogP contribution in [-0.4, -0.2) is 27.1 Å². The zero-order valence-corrected chi connectivity index (χ0v) is 10.2. The first-order chi connectivity index (χ1) is 8.32. The summed E-state index contributed by atoms with van der Waals surface area (Å²) in [5.41, 5.74) is -1.43. The molecule has 0 heterocycles. The van der Waals surface area contributed by atoms with E-state index in [0.29, 0.717) is 4.47 Å². The molecule has 7 nitrogen and oxygen atoms in total. The summed E-state index contributed by atoms with van der Waals surface area (Å²) >= 11 is 3.06. The molecule has 0 radical (unpaired) electrons. The maximum atomic E-state index is 10.7. The van der Waals surface area contributed by atoms with Gasteiger partial charge in [-0.3, -0.25) is 10.1 Å². The normalized spacial score (nSPS) is 9.61. The molecule has 0 fully saturated rings. The first kappa shape index (κ1) is 13.8. The molecule has 1 aromatic carbocycles. The summed E-state index contributed by atoms with van der Waals surface area (Å²) in [4.78, 5) is 31.4. The van der Waals surface area contributed by atoms with Crippen molar-refractivity contribution in [1.29, 1.82) is 0 Å². The number of carboxylic acid groups (broad SMARTS) is 2. The molecule has 0 aliphatic heterocycles. The summed E-state index contributed by atoms with van der Waals surface area (Å²) in [5.74, 6) is -3.34. The van der Waals surface area contributed by atoms with Crippen LogP contribution in [0.15, 0.2) is 28.2 Å². The molecule has 0 spiro atoms. The molecule has 0 aromatic heterocycles. The van der Waals surface area contributed by atoms with Gasteiger partial charge in [0.25, 0.3) is 5.69 Å². The second-order valence-corrected chi connectivity index (χ2v) is 4.04. The number of aliphatic carboxylic acids is 2. The average Bonchev–Trinajstić information content (AvgIpc) is 2.24. The minimum atomic E-state index is -1.67. The first-order valence-electron chi connectivity index (χ1n) is 4.45. The summed E-state index contributed by atoms with van der Waals surface area (Å²) in [5, 5.41) is 28.1. The highest BCUT2D eigenvalue weighted by Gasteiger charge is 2.19. The Hall–Kier alpha value is -2.22. The van der Waals surface area contributed by atoms with Crippen LogP contribution in [-0.2, 0) is 9.59 Å². The maximum Gasteiger partial charge on any atom is 0.343 e. The van der Waals surface area contributed by atoms with E-state index in [1.807, 2.05) is 0 Å². The molecule has 1 aromatic rings. The zero-order chi connectivity index (χ0) is 13.9. The predicted octanol–water partition coefficient (Wildman–Crippen LogP) is 1.91. The predicted molar refractivity (Wildman–Crippen MR) is 64.0 cm³/mol. The third-order valence-electron chi connectivity index (χ3n) is 1.95. The van der Waals surface area contributed by atoms with Crippen molar-refractivity contribution in [3.05, 3.63) is 43.9 Å². The van der Waals surface area contributed by atoms with Crippen LogP contribution >= 0.6 is 15.9 Å². The average molecular weight is 316 g/mol. The molecule has 2 N–H and O–H groups in total. The lowest BCUT2D eigenvalue weighted by Gasteiger charge is -2.00. The number of hydrogen-bond acceptors (Lipinski definition) is 4. The molecule has 0 unspecified atom stereocenters. The molecule has 1 rings (SSSR count). The van der Waals surface area contributed by atoms with Gasteiger partial charge in [0.05, 0.1) is 10.5 Å². The molecular weight excluding hydrogens is 310 g/mol. The van der Waals surface area contributed by atoms with Gasteiger partial charge in [-0.15, -0.1) is 0 Å². The van der Waals surface area contributed by atoms with Gasteiger partial charge < -0.3 is 10.2 Å². The van der Waals surface area contributed by atoms with Crippen LogP contribution in [0.4, 0.5) is 5.69 Å². The van der Waals surface area contributed by atoms with E-state index in [4.69, 9.17) is 10.2 Å². The largest absolute Gasteiger partial charge is 0.477 e. The maximum absolute atomic E-state index is 10.7. The van der Waals surface area contributed by atoms with Gasteiger partial charge in [-0.25, -0.2) is 9.59 Å². The van der Waals surface area contributed by atoms with E-state index >= 15 is 0 Å². The summed E-state index contributed by atoms with van der Waals surface area (Å²) in [6, 6.07) is 3.82. The minimum absolute atomic E-state index is 0.103. The fourth-order valence-corrected chi connectivity index (χ4v) is 1.56. The molecule has 0 amide bonds. The Morgan fingerprint density at radius 1 is 1.28 bits per heavy atom. The highest BCUT2D eigenvalue weighted by atomic mass is 79.9. The number of rotatable bonds is 4. The van der Waals surface area contributed by atoms with E-state index in [9.17, 15) is 19.7 Å². The topological polar surface area (TPSA) is 118 Å². The summed E-state index contributed by atoms with van der Waals surface area (Å²) in [6.45, 7) is 0. The van der Waals surface area contributed by atoms with E-state index in [-0.39, 0.29) is 11.3 Å². The summed E-state index contributed by atoms with van der Waals surface area (Å²) in [6.07, 6.45) is 0.744. The van der Waals surface area contributed by atoms with Crippen molar-refractivity contribution in [2.24, 2.45) is 0 Å². The minimum Gasteiger partial charge on any atom is -0.477 e. The molecule has 0 saturated carbocycles. The van der Waals surface area contributed by atoms with Crippen LogP contribution in [0.1, 0.15) is 5.56 Å². The number of benzene rings is 1. The standard InChI is InChI=1S/C10H6BrNO6/c11-6-1-2-8(12(17)18)5(3-6)4-7(9(13)14)10(15)16/h1-4H,(H,13,14)(H,15,16). The second kappa shape index (κ2) is 5.41. The molecule has 18 heavy (non-hydrogen) atoms. The fraction of sp³-hybridized carbons (Fsp3) is 0. The number of carbonyl (C=O) groups is 2. The van der Waals surface area contributed by atoms with Crippen molar-refractivity contribution >= 4 is 39.6 Å². The monoisotopic (exact) mass is 315 g/mol. The Morgan fingerprint density at radius 2 is 1.83 bits per heavy atom. The number of hydrogen-bond donors (Lipinski definition) is 2. The number of nitro groups is 1. The van der Waals surface area contributed by atoms with Crippen LogP contribution in [0.25, 0.3) is 6.08 Å². The highest BCUT2D eigenvalue weighted by Crippen LogP contribution is 2.25. The fourth-order valence-electron chi connectivity index (χ4n) is 1.18. The Morgan fingerprint density at radius 3 is 2.28 bits per heavy atom. The number of nitro benzene ring substituents is 1. The van der Waals surface area contributed by atoms with Gasteiger partial charge in [0.2, 0.25) is 0 Å². The molecule has 0 aliphatic carbocycles. The summed E-state index contributed by atoms with van der Waals surface area (Å²) in [7, 11) is 0. The van der Waals surface area contributed by atoms with Gasteiger partial charge in [-0.1, -0.05) is 15.9 Å². The van der Waals surface area contributed by atoms with Crippen molar-refractivity contribution in [2.45, 2.75) is 0 Å². The SMILES string of the molecule is O=C(O)C(=Cc1cc(Br)ccc1[N+](=O)[O-])C(=O)O. The van der Waals surface area contributed by atoms with Crippen molar-refractivity contribution in [2.75, 3.05) is 0 Å². The second-order valence-electron chi connectivity index (χ2n) is 3.13. The zero-order valence-electron chi connectivity index (χ0n) is 8.66. The first-order valence-corrected chi connectivity index (χ1v) is 5.24. The van der Waals surface area contributed by atoms with Crippen LogP contribution in [0.5, 0.6) is 0 Å². The molecule has 0 aliphatic rings. The molecule has 0 saturated heterocycles. The van der Waals surface area contributed by atoms with Gasteiger partial charge in [0.15, 0.2) is 0 Å². The van der Waals surface area contributed by atoms with Gasteiger partial charge in [-0.2, -0.15) is 0 Å². The van der Waals surface area contributed by atoms with Crippen LogP contribution in [0, 0.1) is 10.1 Å². The molecule has 0 bridgehead atoms. The van der Waals surface area contributed by atoms with E-state index < -0.39 is 22.4 Å². The van der Waals surface area contributed by atoms with Crippen LogP contribution in [0.2, 0.25) is 0 Å². The van der Waals surface area contributed by atoms with Crippen molar-refractivity contribution in [3.8, 4) is 0 Å². The number of nitrogens with zero attached hydrogens (tertiary/aromatic N) is 1. The van der Waals surface area contributed by atoms with Gasteiger partial charge in [-0.05, 0) is 18.2 Å². The highest BCUT2D eigenvalue weighted by molar-refractivity contribution is 9.10. The van der Waals surface area contributed by atoms with Crippen LogP contribution in [0.3, 0.4) is 0 Å². The third kappa shape index (κ3) is 3.14. The lowest BCUT2D eigenvalue weighted by Crippen LogP contribution is -2.11. The number of halogens is 1. The van der Waals surface area contributed by atoms with Crippen LogP contribution < -0.4 is 0 Å². The molecule has 94 valence electrons. The van der Waals surface area contributed by atoms with E-state index in [2.05, 4.69) is 15.9 Å². The Balaban J connectivity index is 3.44. The third-order valence-corrected chi connectivity index (χ3v) is 2.44. The van der Waals surface area contributed by atoms with E-state index in [0.717, 1.165) is 12.1 Å². The van der Waals surface area contributed by atoms with Gasteiger partial charge in [0, 0.05) is 10.5 Å². The van der Waals surface area contributed by atoms with Crippen molar-refractivity contribution in [3.63, 3.8) is 0 Å². The molecule has 0 atom stereocenters. The quantitative estimate of drug-likeness (QED) is 0.288. The van der Waals surface area contributed by atoms with E-state index in [1.54, 1.807) is 0 Å². The number of carboxylic acids is 2. The van der Waals surface area contributed by atoms with E-state index in [1.165, 1.54) is 12.1 Å². The Kier molecular flexibility index (Phi) is 4.16. The Labute approximate surface area is 109 Å². The van der Waals surface area contributed by atoms with Crippen molar-refractivity contribution in [1.82, 2.24) is 0 Å². The van der Waals surface area contributed by atoms with Gasteiger partial charge in [0.1, 0.15) is 5.57 Å². The smallest absolute Gasteiger partial charge is 0.343 e. The Bertz CT molecular complexity index is 549. The molecule has 8 heteroatoms. The lowest BCUT2D eigenvalue weighted by atomic mass is 10.1. The summed E-state index contributed by atoms with van der Waals surface area (Å²) < 4.78 is 0.467. The molecular formula is C10H6BrNO6. The van der Waals surface area contributed by atoms with Crippen molar-refractivity contribution < 1.29 is 24.7 Å². The lowest BCUT2D eigenvalue weighted by molar-refractivity contribution is -0.385. The van der Waals surface area contributed by atoms with Gasteiger partial charge >= 0.3 is 11.9 Å².